The van der Waals surface area contributed by atoms with Crippen LogP contribution in [0.3, 0.4) is 0 Å². The Kier molecular flexibility index (Phi) is 12.0. The third-order valence-corrected chi connectivity index (χ3v) is 2.52. The van der Waals surface area contributed by atoms with E-state index in [1.165, 1.54) is 12.1 Å². The molecule has 25 heavy (non-hydrogen) atoms. The quantitative estimate of drug-likeness (QED) is 0.621. The Hall–Kier alpha value is -2.90. The Morgan fingerprint density at radius 2 is 1.44 bits per heavy atom. The fourth-order valence-electron chi connectivity index (χ4n) is 1.44. The molecule has 0 bridgehead atoms. The Labute approximate surface area is 145 Å². The van der Waals surface area contributed by atoms with Crippen LogP contribution < -0.4 is 0 Å². The number of esters is 1. The fraction of sp³-hybridized carbons (Fsp3) is 0.222. The van der Waals surface area contributed by atoms with Crippen molar-refractivity contribution in [3.63, 3.8) is 0 Å². The molecule has 0 unspecified atom stereocenters. The molecule has 0 aliphatic carbocycles. The van der Waals surface area contributed by atoms with E-state index >= 15 is 0 Å². The number of carboxylic acid groups (broad SMARTS) is 1. The number of ether oxygens (including phenoxy) is 1. The van der Waals surface area contributed by atoms with Gasteiger partial charge >= 0.3 is 11.9 Å². The van der Waals surface area contributed by atoms with E-state index in [4.69, 9.17) is 25.2 Å². The van der Waals surface area contributed by atoms with E-state index in [0.29, 0.717) is 12.2 Å². The van der Waals surface area contributed by atoms with Crippen molar-refractivity contribution >= 4 is 11.9 Å². The number of rotatable bonds is 4. The Balaban J connectivity index is 0.000000383. The summed E-state index contributed by atoms with van der Waals surface area (Å²) >= 11 is 0. The summed E-state index contributed by atoms with van der Waals surface area (Å²) < 4.78 is 4.79. The van der Waals surface area contributed by atoms with Crippen molar-refractivity contribution in [2.24, 2.45) is 0 Å². The third-order valence-electron chi connectivity index (χ3n) is 2.52. The number of aromatic carboxylic acids is 1. The van der Waals surface area contributed by atoms with Gasteiger partial charge in [0.15, 0.2) is 0 Å². The average Bonchev–Trinajstić information content (AvgIpc) is 2.63. The van der Waals surface area contributed by atoms with Crippen LogP contribution in [-0.2, 0) is 4.74 Å². The van der Waals surface area contributed by atoms with E-state index in [9.17, 15) is 9.59 Å². The average molecular weight is 350 g/mol. The van der Waals surface area contributed by atoms with Crippen LogP contribution in [0.4, 0.5) is 0 Å². The Morgan fingerprint density at radius 1 is 0.920 bits per heavy atom. The number of aliphatic hydroxyl groups is 2. The van der Waals surface area contributed by atoms with Crippen molar-refractivity contribution in [2.75, 3.05) is 19.8 Å². The first-order chi connectivity index (χ1) is 12.0. The van der Waals surface area contributed by atoms with Gasteiger partial charge in [-0.15, -0.1) is 0 Å². The maximum Gasteiger partial charge on any atom is 0.339 e. The predicted octanol–water partition coefficient (Wildman–Crippen LogP) is 1.92. The number of hydrogen-bond donors (Lipinski definition) is 4. The minimum atomic E-state index is -1.11. The van der Waals surface area contributed by atoms with Gasteiger partial charge in [-0.3, -0.25) is 0 Å². The summed E-state index contributed by atoms with van der Waals surface area (Å²) in [5.41, 5.74) is 0.539. The first kappa shape index (κ1) is 22.1. The number of phenols is 1. The molecule has 0 amide bonds. The fourth-order valence-corrected chi connectivity index (χ4v) is 1.44. The van der Waals surface area contributed by atoms with E-state index in [1.807, 2.05) is 18.2 Å². The lowest BCUT2D eigenvalue weighted by Gasteiger charge is -1.99. The molecule has 0 atom stereocenters. The monoisotopic (exact) mass is 350 g/mol. The smallest absolute Gasteiger partial charge is 0.339 e. The summed E-state index contributed by atoms with van der Waals surface area (Å²) in [6, 6.07) is 14.8. The number of hydrogen-bond acceptors (Lipinski definition) is 6. The molecule has 0 aliphatic rings. The van der Waals surface area contributed by atoms with E-state index in [1.54, 1.807) is 31.2 Å². The van der Waals surface area contributed by atoms with Crippen molar-refractivity contribution in [1.29, 1.82) is 0 Å². The van der Waals surface area contributed by atoms with Crippen LogP contribution in [0, 0.1) is 0 Å². The van der Waals surface area contributed by atoms with E-state index < -0.39 is 5.97 Å². The molecule has 0 saturated carbocycles. The lowest BCUT2D eigenvalue weighted by molar-refractivity contribution is 0.0525. The van der Waals surface area contributed by atoms with Gasteiger partial charge in [-0.2, -0.15) is 0 Å². The predicted molar refractivity (Wildman–Crippen MR) is 91.6 cm³/mol. The van der Waals surface area contributed by atoms with Gasteiger partial charge in [0, 0.05) is 0 Å². The molecular formula is C18H22O7. The molecule has 0 radical (unpaired) electrons. The number of carbonyl (C=O) groups is 2. The molecule has 2 aromatic carbocycles. The normalized spacial score (nSPS) is 8.92. The molecule has 2 rings (SSSR count). The highest BCUT2D eigenvalue weighted by Crippen LogP contribution is 2.14. The van der Waals surface area contributed by atoms with E-state index in [2.05, 4.69) is 0 Å². The molecule has 0 spiro atoms. The lowest BCUT2D eigenvalue weighted by atomic mass is 10.2. The summed E-state index contributed by atoms with van der Waals surface area (Å²) in [6.45, 7) is 1.97. The second-order valence-electron chi connectivity index (χ2n) is 4.36. The van der Waals surface area contributed by atoms with Crippen LogP contribution in [0.1, 0.15) is 27.6 Å². The van der Waals surface area contributed by atoms with Crippen LogP contribution in [0.5, 0.6) is 5.75 Å². The topological polar surface area (TPSA) is 124 Å². The van der Waals surface area contributed by atoms with Crippen molar-refractivity contribution in [1.82, 2.24) is 0 Å². The highest BCUT2D eigenvalue weighted by molar-refractivity contribution is 5.90. The second-order valence-corrected chi connectivity index (χ2v) is 4.36. The molecule has 7 nitrogen and oxygen atoms in total. The lowest BCUT2D eigenvalue weighted by Crippen LogP contribution is -2.03. The highest BCUT2D eigenvalue weighted by atomic mass is 16.5. The summed E-state index contributed by atoms with van der Waals surface area (Å²) in [7, 11) is 0. The summed E-state index contributed by atoms with van der Waals surface area (Å²) in [4.78, 5) is 21.3. The van der Waals surface area contributed by atoms with Gasteiger partial charge in [0.1, 0.15) is 11.3 Å². The molecule has 7 heteroatoms. The van der Waals surface area contributed by atoms with Crippen molar-refractivity contribution in [3.8, 4) is 5.75 Å². The maximum atomic E-state index is 11.0. The zero-order chi connectivity index (χ0) is 19.1. The first-order valence-corrected chi connectivity index (χ1v) is 7.43. The number of benzene rings is 2. The first-order valence-electron chi connectivity index (χ1n) is 7.43. The van der Waals surface area contributed by atoms with Crippen molar-refractivity contribution < 1.29 is 34.8 Å². The number of carbonyl (C=O) groups excluding carboxylic acids is 1. The molecule has 136 valence electrons. The van der Waals surface area contributed by atoms with E-state index in [-0.39, 0.29) is 30.5 Å². The minimum Gasteiger partial charge on any atom is -0.507 e. The van der Waals surface area contributed by atoms with Crippen LogP contribution in [0.15, 0.2) is 54.6 Å². The van der Waals surface area contributed by atoms with Crippen LogP contribution in [0.2, 0.25) is 0 Å². The molecule has 0 heterocycles. The van der Waals surface area contributed by atoms with Gasteiger partial charge in [0.2, 0.25) is 0 Å². The zero-order valence-corrected chi connectivity index (χ0v) is 13.8. The number of aliphatic hydroxyl groups excluding tert-OH is 2. The van der Waals surface area contributed by atoms with Gasteiger partial charge in [0.05, 0.1) is 25.4 Å². The molecular weight excluding hydrogens is 328 g/mol. The SMILES string of the molecule is CCOC(=O)c1ccccc1.O=C(O)c1ccccc1O.OCCO. The Morgan fingerprint density at radius 3 is 1.84 bits per heavy atom. The van der Waals surface area contributed by atoms with Gasteiger partial charge < -0.3 is 25.2 Å². The minimum absolute atomic E-state index is 0.0671. The molecule has 4 N–H and O–H groups in total. The van der Waals surface area contributed by atoms with Gasteiger partial charge in [-0.1, -0.05) is 30.3 Å². The summed E-state index contributed by atoms with van der Waals surface area (Å²) in [5.74, 6) is -1.57. The van der Waals surface area contributed by atoms with Gasteiger partial charge in [0.25, 0.3) is 0 Å². The zero-order valence-electron chi connectivity index (χ0n) is 13.8. The largest absolute Gasteiger partial charge is 0.507 e. The second kappa shape index (κ2) is 13.5. The van der Waals surface area contributed by atoms with Gasteiger partial charge in [-0.05, 0) is 31.2 Å². The molecule has 0 saturated heterocycles. The highest BCUT2D eigenvalue weighted by Gasteiger charge is 2.05. The summed E-state index contributed by atoms with van der Waals surface area (Å²) in [6.07, 6.45) is 0. The number of para-hydroxylation sites is 1. The van der Waals surface area contributed by atoms with Crippen LogP contribution in [-0.4, -0.2) is 52.2 Å². The van der Waals surface area contributed by atoms with Crippen LogP contribution in [0.25, 0.3) is 0 Å². The molecule has 2 aromatic rings. The Bertz CT molecular complexity index is 624. The van der Waals surface area contributed by atoms with Gasteiger partial charge in [-0.25, -0.2) is 9.59 Å². The third kappa shape index (κ3) is 9.75. The van der Waals surface area contributed by atoms with Crippen LogP contribution >= 0.6 is 0 Å². The molecule has 0 aliphatic heterocycles. The van der Waals surface area contributed by atoms with E-state index in [0.717, 1.165) is 0 Å². The maximum absolute atomic E-state index is 11.0. The number of aromatic hydroxyl groups is 1. The molecule has 0 fully saturated rings. The number of carboxylic acids is 1. The molecule has 0 aromatic heterocycles. The summed E-state index contributed by atoms with van der Waals surface area (Å²) in [5, 5.41) is 32.6. The van der Waals surface area contributed by atoms with Crippen molar-refractivity contribution in [3.05, 3.63) is 65.7 Å². The standard InChI is InChI=1S/C9H10O2.C7H6O3.C2H6O2/c1-2-11-9(10)8-6-4-3-5-7-8;8-6-4-2-1-3-5(6)7(9)10;3-1-2-4/h3-7H,2H2,1H3;1-4,8H,(H,9,10);3-4H,1-2H2. The van der Waals surface area contributed by atoms with Crippen molar-refractivity contribution in [2.45, 2.75) is 6.92 Å².